The van der Waals surface area contributed by atoms with Crippen molar-refractivity contribution in [3.05, 3.63) is 50.7 Å². The van der Waals surface area contributed by atoms with Gasteiger partial charge in [0.2, 0.25) is 0 Å². The molecule has 2 aromatic rings. The number of rotatable bonds is 2. The molecule has 0 saturated carbocycles. The van der Waals surface area contributed by atoms with Crippen LogP contribution in [0.2, 0.25) is 5.15 Å². The second-order valence-electron chi connectivity index (χ2n) is 4.32. The summed E-state index contributed by atoms with van der Waals surface area (Å²) < 4.78 is 3.01. The monoisotopic (exact) mass is 310 g/mol. The lowest BCUT2D eigenvalue weighted by Gasteiger charge is -2.06. The SMILES string of the molecule is Clc1c2c(nn1Cc1ccccc1Br)CCC2. The highest BCUT2D eigenvalue weighted by atomic mass is 79.9. The van der Waals surface area contributed by atoms with Crippen LogP contribution in [0.15, 0.2) is 28.7 Å². The number of hydrogen-bond acceptors (Lipinski definition) is 1. The minimum atomic E-state index is 0.729. The Morgan fingerprint density at radius 2 is 2.12 bits per heavy atom. The highest BCUT2D eigenvalue weighted by Crippen LogP contribution is 2.29. The summed E-state index contributed by atoms with van der Waals surface area (Å²) in [6.07, 6.45) is 3.33. The second-order valence-corrected chi connectivity index (χ2v) is 5.53. The molecule has 88 valence electrons. The van der Waals surface area contributed by atoms with Crippen molar-refractivity contribution in [2.24, 2.45) is 0 Å². The first kappa shape index (κ1) is 11.3. The molecule has 0 N–H and O–H groups in total. The highest BCUT2D eigenvalue weighted by Gasteiger charge is 2.20. The molecule has 0 amide bonds. The number of benzene rings is 1. The standard InChI is InChI=1S/C13H12BrClN2/c14-11-6-2-1-4-9(11)8-17-13(15)10-5-3-7-12(10)16-17/h1-2,4,6H,3,5,7-8H2. The van der Waals surface area contributed by atoms with Crippen LogP contribution in [-0.2, 0) is 19.4 Å². The van der Waals surface area contributed by atoms with Gasteiger partial charge in [0.15, 0.2) is 0 Å². The first-order chi connectivity index (χ1) is 8.25. The minimum absolute atomic E-state index is 0.729. The average molecular weight is 312 g/mol. The van der Waals surface area contributed by atoms with Gasteiger partial charge in [0, 0.05) is 10.0 Å². The predicted octanol–water partition coefficient (Wildman–Crippen LogP) is 3.84. The molecule has 0 unspecified atom stereocenters. The summed E-state index contributed by atoms with van der Waals surface area (Å²) in [5.74, 6) is 0. The normalized spacial score (nSPS) is 14.0. The highest BCUT2D eigenvalue weighted by molar-refractivity contribution is 9.10. The van der Waals surface area contributed by atoms with Crippen molar-refractivity contribution < 1.29 is 0 Å². The molecule has 0 bridgehead atoms. The second kappa shape index (κ2) is 4.46. The fraction of sp³-hybridized carbons (Fsp3) is 0.308. The third-order valence-corrected chi connectivity index (χ3v) is 4.38. The van der Waals surface area contributed by atoms with Crippen LogP contribution < -0.4 is 0 Å². The maximum Gasteiger partial charge on any atom is 0.130 e. The van der Waals surface area contributed by atoms with E-state index in [9.17, 15) is 0 Å². The van der Waals surface area contributed by atoms with E-state index in [1.165, 1.54) is 23.2 Å². The summed E-state index contributed by atoms with van der Waals surface area (Å²) in [5.41, 5.74) is 3.64. The Kier molecular flexibility index (Phi) is 2.97. The maximum atomic E-state index is 6.36. The molecule has 1 aliphatic carbocycles. The zero-order valence-corrected chi connectivity index (χ0v) is 11.6. The molecule has 1 aromatic carbocycles. The zero-order chi connectivity index (χ0) is 11.8. The molecule has 1 aliphatic rings. The Morgan fingerprint density at radius 3 is 2.88 bits per heavy atom. The Hall–Kier alpha value is -0.800. The Bertz CT molecular complexity index is 563. The van der Waals surface area contributed by atoms with Crippen molar-refractivity contribution in [2.45, 2.75) is 25.8 Å². The maximum absolute atomic E-state index is 6.36. The number of hydrogen-bond donors (Lipinski definition) is 0. The molecule has 0 atom stereocenters. The number of aromatic nitrogens is 2. The van der Waals surface area contributed by atoms with Crippen LogP contribution in [0.3, 0.4) is 0 Å². The summed E-state index contributed by atoms with van der Waals surface area (Å²) >= 11 is 9.91. The molecule has 3 rings (SSSR count). The molecule has 2 nitrogen and oxygen atoms in total. The van der Waals surface area contributed by atoms with Gasteiger partial charge in [-0.05, 0) is 30.9 Å². The van der Waals surface area contributed by atoms with Gasteiger partial charge in [-0.2, -0.15) is 5.10 Å². The van der Waals surface area contributed by atoms with Crippen LogP contribution in [0, 0.1) is 0 Å². The largest absolute Gasteiger partial charge is 0.249 e. The molecule has 0 radical (unpaired) electrons. The third kappa shape index (κ3) is 2.02. The Labute approximate surface area is 114 Å². The van der Waals surface area contributed by atoms with Gasteiger partial charge in [0.1, 0.15) is 5.15 Å². The van der Waals surface area contributed by atoms with Crippen LogP contribution in [0.5, 0.6) is 0 Å². The zero-order valence-electron chi connectivity index (χ0n) is 9.29. The van der Waals surface area contributed by atoms with Gasteiger partial charge in [-0.1, -0.05) is 45.7 Å². The van der Waals surface area contributed by atoms with E-state index in [0.717, 1.165) is 29.0 Å². The van der Waals surface area contributed by atoms with Crippen molar-refractivity contribution in [2.75, 3.05) is 0 Å². The molecule has 0 aliphatic heterocycles. The number of fused-ring (bicyclic) bond motifs is 1. The van der Waals surface area contributed by atoms with Gasteiger partial charge in [-0.15, -0.1) is 0 Å². The van der Waals surface area contributed by atoms with Gasteiger partial charge in [0.25, 0.3) is 0 Å². The Morgan fingerprint density at radius 1 is 1.29 bits per heavy atom. The summed E-state index contributed by atoms with van der Waals surface area (Å²) in [6.45, 7) is 0.729. The number of halogens is 2. The van der Waals surface area contributed by atoms with Gasteiger partial charge >= 0.3 is 0 Å². The lowest BCUT2D eigenvalue weighted by atomic mass is 10.2. The van der Waals surface area contributed by atoms with Crippen LogP contribution >= 0.6 is 27.5 Å². The van der Waals surface area contributed by atoms with Gasteiger partial charge in [-0.25, -0.2) is 4.68 Å². The van der Waals surface area contributed by atoms with E-state index >= 15 is 0 Å². The van der Waals surface area contributed by atoms with E-state index < -0.39 is 0 Å². The van der Waals surface area contributed by atoms with Crippen molar-refractivity contribution in [3.63, 3.8) is 0 Å². The molecule has 1 heterocycles. The van der Waals surface area contributed by atoms with E-state index in [2.05, 4.69) is 27.1 Å². The van der Waals surface area contributed by atoms with E-state index in [1.807, 2.05) is 22.9 Å². The van der Waals surface area contributed by atoms with Crippen LogP contribution in [-0.4, -0.2) is 9.78 Å². The van der Waals surface area contributed by atoms with E-state index in [-0.39, 0.29) is 0 Å². The molecule has 1 aromatic heterocycles. The third-order valence-electron chi connectivity index (χ3n) is 3.18. The van der Waals surface area contributed by atoms with Crippen molar-refractivity contribution >= 4 is 27.5 Å². The van der Waals surface area contributed by atoms with Gasteiger partial charge < -0.3 is 0 Å². The summed E-state index contributed by atoms with van der Waals surface area (Å²) in [7, 11) is 0. The first-order valence-corrected chi connectivity index (χ1v) is 6.90. The summed E-state index contributed by atoms with van der Waals surface area (Å²) in [4.78, 5) is 0. The lowest BCUT2D eigenvalue weighted by Crippen LogP contribution is -2.03. The van der Waals surface area contributed by atoms with Gasteiger partial charge in [0.05, 0.1) is 12.2 Å². The fourth-order valence-electron chi connectivity index (χ4n) is 2.30. The average Bonchev–Trinajstić information content (AvgIpc) is 2.87. The molecule has 0 spiro atoms. The molecule has 4 heteroatoms. The van der Waals surface area contributed by atoms with Crippen LogP contribution in [0.1, 0.15) is 23.2 Å². The van der Waals surface area contributed by atoms with Crippen LogP contribution in [0.4, 0.5) is 0 Å². The molecular formula is C13H12BrClN2. The van der Waals surface area contributed by atoms with E-state index in [4.69, 9.17) is 11.6 Å². The first-order valence-electron chi connectivity index (χ1n) is 5.73. The minimum Gasteiger partial charge on any atom is -0.249 e. The Balaban J connectivity index is 1.94. The topological polar surface area (TPSA) is 17.8 Å². The molecule has 0 saturated heterocycles. The molecular weight excluding hydrogens is 300 g/mol. The van der Waals surface area contributed by atoms with Gasteiger partial charge in [-0.3, -0.25) is 0 Å². The smallest absolute Gasteiger partial charge is 0.130 e. The predicted molar refractivity (Wildman–Crippen MR) is 72.5 cm³/mol. The van der Waals surface area contributed by atoms with E-state index in [1.54, 1.807) is 0 Å². The fourth-order valence-corrected chi connectivity index (χ4v) is 3.01. The summed E-state index contributed by atoms with van der Waals surface area (Å²) in [5, 5.41) is 5.40. The van der Waals surface area contributed by atoms with Crippen molar-refractivity contribution in [1.82, 2.24) is 9.78 Å². The number of aryl methyl sites for hydroxylation is 1. The lowest BCUT2D eigenvalue weighted by molar-refractivity contribution is 0.663. The van der Waals surface area contributed by atoms with Crippen molar-refractivity contribution in [3.8, 4) is 0 Å². The van der Waals surface area contributed by atoms with E-state index in [0.29, 0.717) is 0 Å². The summed E-state index contributed by atoms with van der Waals surface area (Å²) in [6, 6.07) is 8.18. The van der Waals surface area contributed by atoms with Crippen molar-refractivity contribution in [1.29, 1.82) is 0 Å². The van der Waals surface area contributed by atoms with Crippen LogP contribution in [0.25, 0.3) is 0 Å². The molecule has 0 fully saturated rings. The molecule has 17 heavy (non-hydrogen) atoms. The quantitative estimate of drug-likeness (QED) is 0.824. The number of nitrogens with zero attached hydrogens (tertiary/aromatic N) is 2.